The summed E-state index contributed by atoms with van der Waals surface area (Å²) in [6, 6.07) is 9.15. The van der Waals surface area contributed by atoms with E-state index in [0.29, 0.717) is 27.1 Å². The Hall–Kier alpha value is -2.77. The van der Waals surface area contributed by atoms with Crippen molar-refractivity contribution in [2.75, 3.05) is 5.32 Å². The van der Waals surface area contributed by atoms with Crippen molar-refractivity contribution in [3.05, 3.63) is 69.7 Å². The summed E-state index contributed by atoms with van der Waals surface area (Å²) >= 11 is 12.1. The third-order valence-corrected chi connectivity index (χ3v) is 4.13. The van der Waals surface area contributed by atoms with Crippen LogP contribution < -0.4 is 5.32 Å². The van der Waals surface area contributed by atoms with Gasteiger partial charge in [0.25, 0.3) is 0 Å². The number of aryl methyl sites for hydroxylation is 1. The van der Waals surface area contributed by atoms with E-state index in [1.54, 1.807) is 25.1 Å². The van der Waals surface area contributed by atoms with Gasteiger partial charge in [-0.25, -0.2) is 4.39 Å². The van der Waals surface area contributed by atoms with E-state index in [1.807, 2.05) is 0 Å². The van der Waals surface area contributed by atoms with Gasteiger partial charge in [0, 0.05) is 27.4 Å². The molecular weight excluding hydrogens is 380 g/mol. The summed E-state index contributed by atoms with van der Waals surface area (Å²) in [4.78, 5) is 12.1. The number of rotatable bonds is 4. The number of carbonyl (C=O) groups excluding carboxylic acids is 1. The average molecular weight is 392 g/mol. The zero-order valence-corrected chi connectivity index (χ0v) is 15.0. The molecule has 2 aromatic carbocycles. The highest BCUT2D eigenvalue weighted by atomic mass is 35.5. The Balaban J connectivity index is 1.80. The number of benzene rings is 2. The van der Waals surface area contributed by atoms with E-state index in [-0.39, 0.29) is 5.69 Å². The first-order valence-corrected chi connectivity index (χ1v) is 8.19. The number of halogens is 3. The van der Waals surface area contributed by atoms with Crippen molar-refractivity contribution >= 4 is 40.9 Å². The SMILES string of the molecule is Cc1nnnn1-c1cc(NC(=O)/C=C/c2c(Cl)cccc2Cl)ccc1F. The van der Waals surface area contributed by atoms with Crippen LogP contribution in [0.4, 0.5) is 10.1 Å². The van der Waals surface area contributed by atoms with Crippen LogP contribution in [0.1, 0.15) is 11.4 Å². The molecule has 0 aliphatic heterocycles. The molecule has 0 aliphatic carbocycles. The van der Waals surface area contributed by atoms with Crippen LogP contribution in [-0.4, -0.2) is 26.1 Å². The number of hydrogen-bond acceptors (Lipinski definition) is 4. The zero-order valence-electron chi connectivity index (χ0n) is 13.4. The van der Waals surface area contributed by atoms with Crippen molar-refractivity contribution in [2.24, 2.45) is 0 Å². The molecule has 0 radical (unpaired) electrons. The number of tetrazole rings is 1. The largest absolute Gasteiger partial charge is 0.322 e. The summed E-state index contributed by atoms with van der Waals surface area (Å²) in [6.45, 7) is 1.64. The molecule has 1 aromatic heterocycles. The lowest BCUT2D eigenvalue weighted by Crippen LogP contribution is -2.09. The van der Waals surface area contributed by atoms with Gasteiger partial charge in [-0.15, -0.1) is 5.10 Å². The van der Waals surface area contributed by atoms with Crippen LogP contribution in [0.25, 0.3) is 11.8 Å². The minimum atomic E-state index is -0.517. The Morgan fingerprint density at radius 1 is 1.23 bits per heavy atom. The summed E-state index contributed by atoms with van der Waals surface area (Å²) in [5.74, 6) is -0.524. The van der Waals surface area contributed by atoms with Gasteiger partial charge in [-0.1, -0.05) is 29.3 Å². The van der Waals surface area contributed by atoms with E-state index in [2.05, 4.69) is 20.8 Å². The van der Waals surface area contributed by atoms with Crippen molar-refractivity contribution in [3.8, 4) is 5.69 Å². The molecular formula is C17H12Cl2FN5O. The van der Waals surface area contributed by atoms with E-state index in [1.165, 1.54) is 35.0 Å². The molecule has 0 saturated heterocycles. The first-order chi connectivity index (χ1) is 12.5. The molecule has 0 atom stereocenters. The van der Waals surface area contributed by atoms with Crippen LogP contribution in [-0.2, 0) is 4.79 Å². The third-order valence-electron chi connectivity index (χ3n) is 3.47. The van der Waals surface area contributed by atoms with Crippen molar-refractivity contribution < 1.29 is 9.18 Å². The molecule has 1 N–H and O–H groups in total. The molecule has 9 heteroatoms. The Labute approximate surface area is 158 Å². The van der Waals surface area contributed by atoms with Gasteiger partial charge in [-0.2, -0.15) is 4.68 Å². The molecule has 3 rings (SSSR count). The molecule has 0 fully saturated rings. The number of carbonyl (C=O) groups is 1. The van der Waals surface area contributed by atoms with Crippen molar-refractivity contribution in [2.45, 2.75) is 6.92 Å². The number of aromatic nitrogens is 4. The van der Waals surface area contributed by atoms with Gasteiger partial charge in [0.1, 0.15) is 11.5 Å². The van der Waals surface area contributed by atoms with Gasteiger partial charge in [0.05, 0.1) is 0 Å². The van der Waals surface area contributed by atoms with Gasteiger partial charge < -0.3 is 5.32 Å². The number of nitrogens with one attached hydrogen (secondary N) is 1. The quantitative estimate of drug-likeness (QED) is 0.680. The number of nitrogens with zero attached hydrogens (tertiary/aromatic N) is 4. The van der Waals surface area contributed by atoms with Crippen molar-refractivity contribution in [1.82, 2.24) is 20.2 Å². The van der Waals surface area contributed by atoms with Crippen LogP contribution >= 0.6 is 23.2 Å². The lowest BCUT2D eigenvalue weighted by molar-refractivity contribution is -0.111. The first-order valence-electron chi connectivity index (χ1n) is 7.43. The van der Waals surface area contributed by atoms with Gasteiger partial charge in [-0.05, 0) is 53.8 Å². The third kappa shape index (κ3) is 3.89. The molecule has 0 saturated carbocycles. The van der Waals surface area contributed by atoms with Gasteiger partial charge in [0.2, 0.25) is 5.91 Å². The number of amides is 1. The van der Waals surface area contributed by atoms with Gasteiger partial charge >= 0.3 is 0 Å². The van der Waals surface area contributed by atoms with E-state index in [0.717, 1.165) is 0 Å². The first kappa shape index (κ1) is 18.0. The highest BCUT2D eigenvalue weighted by molar-refractivity contribution is 6.37. The topological polar surface area (TPSA) is 72.7 Å². The maximum Gasteiger partial charge on any atom is 0.248 e. The second-order valence-corrected chi connectivity index (χ2v) is 6.08. The normalized spacial score (nSPS) is 11.1. The predicted molar refractivity (Wildman–Crippen MR) is 98.0 cm³/mol. The lowest BCUT2D eigenvalue weighted by atomic mass is 10.2. The Kier molecular flexibility index (Phi) is 5.29. The van der Waals surface area contributed by atoms with Crippen molar-refractivity contribution in [3.63, 3.8) is 0 Å². The predicted octanol–water partition coefficient (Wildman–Crippen LogP) is 4.07. The highest BCUT2D eigenvalue weighted by Gasteiger charge is 2.11. The van der Waals surface area contributed by atoms with Crippen LogP contribution in [0.2, 0.25) is 10.0 Å². The van der Waals surface area contributed by atoms with Crippen LogP contribution in [0.15, 0.2) is 42.5 Å². The highest BCUT2D eigenvalue weighted by Crippen LogP contribution is 2.25. The van der Waals surface area contributed by atoms with Crippen LogP contribution in [0.3, 0.4) is 0 Å². The molecule has 1 amide bonds. The molecule has 26 heavy (non-hydrogen) atoms. The fraction of sp³-hybridized carbons (Fsp3) is 0.0588. The molecule has 3 aromatic rings. The van der Waals surface area contributed by atoms with E-state index in [9.17, 15) is 9.18 Å². The van der Waals surface area contributed by atoms with Gasteiger partial charge in [-0.3, -0.25) is 4.79 Å². The minimum absolute atomic E-state index is 0.128. The number of hydrogen-bond donors (Lipinski definition) is 1. The summed E-state index contributed by atoms with van der Waals surface area (Å²) in [5, 5.41) is 14.4. The fourth-order valence-electron chi connectivity index (χ4n) is 2.22. The Morgan fingerprint density at radius 2 is 1.96 bits per heavy atom. The lowest BCUT2D eigenvalue weighted by Gasteiger charge is -2.07. The molecule has 0 aliphatic rings. The van der Waals surface area contributed by atoms with Gasteiger partial charge in [0.15, 0.2) is 5.82 Å². The van der Waals surface area contributed by atoms with E-state index < -0.39 is 11.7 Å². The maximum atomic E-state index is 14.0. The van der Waals surface area contributed by atoms with Crippen molar-refractivity contribution in [1.29, 1.82) is 0 Å². The smallest absolute Gasteiger partial charge is 0.248 e. The van der Waals surface area contributed by atoms with E-state index in [4.69, 9.17) is 23.2 Å². The summed E-state index contributed by atoms with van der Waals surface area (Å²) in [7, 11) is 0. The molecule has 6 nitrogen and oxygen atoms in total. The minimum Gasteiger partial charge on any atom is -0.322 e. The second kappa shape index (κ2) is 7.63. The van der Waals surface area contributed by atoms with E-state index >= 15 is 0 Å². The zero-order chi connectivity index (χ0) is 18.7. The Bertz CT molecular complexity index is 982. The second-order valence-electron chi connectivity index (χ2n) is 5.26. The molecule has 0 unspecified atom stereocenters. The summed E-state index contributed by atoms with van der Waals surface area (Å²) in [5.41, 5.74) is 1.05. The standard InChI is InChI=1S/C17H12Cl2FN5O/c1-10-22-23-24-25(10)16-9-11(5-7-15(16)20)21-17(26)8-6-12-13(18)3-2-4-14(12)19/h2-9H,1H3,(H,21,26)/b8-6+. The molecule has 1 heterocycles. The number of anilines is 1. The maximum absolute atomic E-state index is 14.0. The molecule has 0 spiro atoms. The van der Waals surface area contributed by atoms with Crippen LogP contribution in [0.5, 0.6) is 0 Å². The molecule has 132 valence electrons. The Morgan fingerprint density at radius 3 is 2.62 bits per heavy atom. The molecule has 0 bridgehead atoms. The fourth-order valence-corrected chi connectivity index (χ4v) is 2.74. The summed E-state index contributed by atoms with van der Waals surface area (Å²) < 4.78 is 15.3. The van der Waals surface area contributed by atoms with Crippen LogP contribution in [0, 0.1) is 12.7 Å². The average Bonchev–Trinajstić information content (AvgIpc) is 3.02. The summed E-state index contributed by atoms with van der Waals surface area (Å²) in [6.07, 6.45) is 2.80. The monoisotopic (exact) mass is 391 g/mol.